The van der Waals surface area contributed by atoms with Crippen molar-refractivity contribution in [2.45, 2.75) is 11.3 Å². The number of nitrogens with two attached hydrogens (primary N) is 1. The monoisotopic (exact) mass is 355 g/mol. The van der Waals surface area contributed by atoms with Crippen LogP contribution in [0.5, 0.6) is 0 Å². The second kappa shape index (κ2) is 8.24. The van der Waals surface area contributed by atoms with E-state index in [2.05, 4.69) is 5.32 Å². The molecule has 0 radical (unpaired) electrons. The molecule has 2 rings (SSSR count). The molecule has 128 valence electrons. The molecule has 0 aliphatic carbocycles. The van der Waals surface area contributed by atoms with Crippen molar-refractivity contribution in [2.24, 2.45) is 5.14 Å². The van der Waals surface area contributed by atoms with Gasteiger partial charge in [0.05, 0.1) is 4.90 Å². The summed E-state index contributed by atoms with van der Waals surface area (Å²) in [4.78, 5) is 12.1. The lowest BCUT2D eigenvalue weighted by Crippen LogP contribution is -2.26. The molecule has 0 bridgehead atoms. The fraction of sp³-hybridized carbons (Fsp3) is 0.111. The Kier molecular flexibility index (Phi) is 6.06. The summed E-state index contributed by atoms with van der Waals surface area (Å²) in [6.07, 6.45) is 2.02. The minimum absolute atomic E-state index is 0.0239. The summed E-state index contributed by atoms with van der Waals surface area (Å²) >= 11 is 0. The van der Waals surface area contributed by atoms with Crippen molar-refractivity contribution in [3.05, 3.63) is 71.3 Å². The van der Waals surface area contributed by atoms with Crippen molar-refractivity contribution in [3.63, 3.8) is 0 Å². The summed E-state index contributed by atoms with van der Waals surface area (Å²) in [7, 11) is -3.71. The molecule has 0 unspecified atom stereocenters. The fourth-order valence-corrected chi connectivity index (χ4v) is 2.64. The van der Waals surface area contributed by atoms with E-state index in [-0.39, 0.29) is 10.5 Å². The molecule has 0 aliphatic heterocycles. The lowest BCUT2D eigenvalue weighted by Gasteiger charge is -2.05. The van der Waals surface area contributed by atoms with Gasteiger partial charge in [0.15, 0.2) is 0 Å². The lowest BCUT2D eigenvalue weighted by molar-refractivity contribution is -0.117. The summed E-state index contributed by atoms with van der Waals surface area (Å²) in [6, 6.07) is 17.1. The minimum atomic E-state index is -3.71. The van der Waals surface area contributed by atoms with E-state index in [4.69, 9.17) is 10.4 Å². The van der Waals surface area contributed by atoms with Crippen molar-refractivity contribution in [1.29, 1.82) is 5.26 Å². The topological polar surface area (TPSA) is 113 Å². The number of sulfonamides is 1. The Hall–Kier alpha value is -2.95. The van der Waals surface area contributed by atoms with Gasteiger partial charge in [-0.3, -0.25) is 4.79 Å². The van der Waals surface area contributed by atoms with Gasteiger partial charge in [-0.25, -0.2) is 13.6 Å². The average molecular weight is 355 g/mol. The van der Waals surface area contributed by atoms with E-state index in [1.54, 1.807) is 24.3 Å². The van der Waals surface area contributed by atoms with Crippen LogP contribution in [0.2, 0.25) is 0 Å². The zero-order valence-electron chi connectivity index (χ0n) is 13.3. The van der Waals surface area contributed by atoms with Crippen molar-refractivity contribution in [2.75, 3.05) is 6.54 Å². The van der Waals surface area contributed by atoms with E-state index in [0.717, 1.165) is 11.1 Å². The van der Waals surface area contributed by atoms with Gasteiger partial charge >= 0.3 is 0 Å². The molecule has 3 N–H and O–H groups in total. The molecule has 2 aromatic rings. The summed E-state index contributed by atoms with van der Waals surface area (Å²) in [5.41, 5.74) is 1.64. The number of primary sulfonamides is 1. The largest absolute Gasteiger partial charge is 0.351 e. The summed E-state index contributed by atoms with van der Waals surface area (Å²) in [6.45, 7) is 0.321. The number of hydrogen-bond donors (Lipinski definition) is 2. The van der Waals surface area contributed by atoms with E-state index in [9.17, 15) is 13.2 Å². The minimum Gasteiger partial charge on any atom is -0.351 e. The predicted molar refractivity (Wildman–Crippen MR) is 94.6 cm³/mol. The fourth-order valence-electron chi connectivity index (χ4n) is 2.13. The first-order valence-corrected chi connectivity index (χ1v) is 9.01. The van der Waals surface area contributed by atoms with Gasteiger partial charge in [0.1, 0.15) is 11.6 Å². The van der Waals surface area contributed by atoms with Crippen LogP contribution in [0, 0.1) is 11.3 Å². The van der Waals surface area contributed by atoms with E-state index in [1.165, 1.54) is 18.2 Å². The Morgan fingerprint density at radius 2 is 1.76 bits per heavy atom. The third kappa shape index (κ3) is 5.57. The molecule has 0 saturated heterocycles. The van der Waals surface area contributed by atoms with Crippen LogP contribution in [0.15, 0.2) is 65.1 Å². The SMILES string of the molecule is N#C/C(=C/c1ccccc1)C(=O)NCCc1ccc(S(N)(=O)=O)cc1. The van der Waals surface area contributed by atoms with Gasteiger partial charge in [-0.2, -0.15) is 5.26 Å². The first-order valence-electron chi connectivity index (χ1n) is 7.47. The predicted octanol–water partition coefficient (Wildman–Crippen LogP) is 1.60. The van der Waals surface area contributed by atoms with Crippen molar-refractivity contribution in [1.82, 2.24) is 5.32 Å². The van der Waals surface area contributed by atoms with Crippen LogP contribution in [0.25, 0.3) is 6.08 Å². The first-order chi connectivity index (χ1) is 11.9. The van der Waals surface area contributed by atoms with Gasteiger partial charge in [0, 0.05) is 6.54 Å². The van der Waals surface area contributed by atoms with Gasteiger partial charge in [-0.1, -0.05) is 42.5 Å². The molecule has 0 saturated carbocycles. The Bertz CT molecular complexity index is 912. The van der Waals surface area contributed by atoms with Crippen molar-refractivity contribution >= 4 is 22.0 Å². The van der Waals surface area contributed by atoms with Crippen LogP contribution in [-0.2, 0) is 21.2 Å². The molecule has 7 heteroatoms. The van der Waals surface area contributed by atoms with E-state index in [0.29, 0.717) is 13.0 Å². The van der Waals surface area contributed by atoms with Gasteiger partial charge in [-0.15, -0.1) is 0 Å². The molecule has 6 nitrogen and oxygen atoms in total. The Morgan fingerprint density at radius 3 is 2.32 bits per heavy atom. The van der Waals surface area contributed by atoms with Crippen molar-refractivity contribution < 1.29 is 13.2 Å². The van der Waals surface area contributed by atoms with Crippen LogP contribution in [0.1, 0.15) is 11.1 Å². The number of carbonyl (C=O) groups is 1. The molecular formula is C18H17N3O3S. The smallest absolute Gasteiger partial charge is 0.261 e. The number of nitrogens with zero attached hydrogens (tertiary/aromatic N) is 1. The second-order valence-corrected chi connectivity index (χ2v) is 6.84. The maximum absolute atomic E-state index is 12.1. The van der Waals surface area contributed by atoms with Gasteiger partial charge in [0.25, 0.3) is 5.91 Å². The van der Waals surface area contributed by atoms with E-state index < -0.39 is 15.9 Å². The Labute approximate surface area is 146 Å². The normalized spacial score (nSPS) is 11.6. The molecule has 2 aromatic carbocycles. The second-order valence-electron chi connectivity index (χ2n) is 5.28. The highest BCUT2D eigenvalue weighted by molar-refractivity contribution is 7.89. The van der Waals surface area contributed by atoms with Gasteiger partial charge in [-0.05, 0) is 35.8 Å². The quantitative estimate of drug-likeness (QED) is 0.605. The maximum Gasteiger partial charge on any atom is 0.261 e. The highest BCUT2D eigenvalue weighted by Gasteiger charge is 2.09. The molecular weight excluding hydrogens is 338 g/mol. The molecule has 0 aliphatic rings. The summed E-state index contributed by atoms with van der Waals surface area (Å²) in [5.74, 6) is -0.451. The standard InChI is InChI=1S/C18H17N3O3S/c19-13-16(12-15-4-2-1-3-5-15)18(22)21-11-10-14-6-8-17(9-7-14)25(20,23)24/h1-9,12H,10-11H2,(H,21,22)(H2,20,23,24)/b16-12-. The molecule has 25 heavy (non-hydrogen) atoms. The maximum atomic E-state index is 12.1. The van der Waals surface area contributed by atoms with Gasteiger partial charge in [0.2, 0.25) is 10.0 Å². The van der Waals surface area contributed by atoms with Crippen LogP contribution < -0.4 is 10.5 Å². The molecule has 0 heterocycles. The zero-order valence-corrected chi connectivity index (χ0v) is 14.2. The number of benzene rings is 2. The van der Waals surface area contributed by atoms with E-state index >= 15 is 0 Å². The third-order valence-electron chi connectivity index (χ3n) is 3.43. The Balaban J connectivity index is 1.93. The molecule has 0 fully saturated rings. The van der Waals surface area contributed by atoms with Crippen LogP contribution in [0.4, 0.5) is 0 Å². The highest BCUT2D eigenvalue weighted by atomic mass is 32.2. The zero-order chi connectivity index (χ0) is 18.3. The number of hydrogen-bond acceptors (Lipinski definition) is 4. The number of amides is 1. The molecule has 0 spiro atoms. The summed E-state index contributed by atoms with van der Waals surface area (Å²) in [5, 5.41) is 16.8. The van der Waals surface area contributed by atoms with Crippen LogP contribution >= 0.6 is 0 Å². The van der Waals surface area contributed by atoms with Gasteiger partial charge < -0.3 is 5.32 Å². The third-order valence-corrected chi connectivity index (χ3v) is 4.36. The first kappa shape index (κ1) is 18.4. The Morgan fingerprint density at radius 1 is 1.12 bits per heavy atom. The molecule has 0 aromatic heterocycles. The van der Waals surface area contributed by atoms with E-state index in [1.807, 2.05) is 24.3 Å². The number of carbonyl (C=O) groups excluding carboxylic acids is 1. The number of nitrogens with one attached hydrogen (secondary N) is 1. The average Bonchev–Trinajstić information content (AvgIpc) is 2.60. The summed E-state index contributed by atoms with van der Waals surface area (Å²) < 4.78 is 22.4. The number of rotatable bonds is 6. The lowest BCUT2D eigenvalue weighted by atomic mass is 10.1. The van der Waals surface area contributed by atoms with Crippen LogP contribution in [0.3, 0.4) is 0 Å². The van der Waals surface area contributed by atoms with Crippen molar-refractivity contribution in [3.8, 4) is 6.07 Å². The highest BCUT2D eigenvalue weighted by Crippen LogP contribution is 2.09. The number of nitriles is 1. The molecule has 0 atom stereocenters. The van der Waals surface area contributed by atoms with Crippen LogP contribution in [-0.4, -0.2) is 20.9 Å². The molecule has 1 amide bonds.